The number of hydrogen-bond acceptors (Lipinski definition) is 5. The number of aromatic nitrogens is 3. The Labute approximate surface area is 144 Å². The average molecular weight is 341 g/mol. The lowest BCUT2D eigenvalue weighted by Crippen LogP contribution is -2.34. The second-order valence-electron chi connectivity index (χ2n) is 5.53. The van der Waals surface area contributed by atoms with E-state index in [4.69, 9.17) is 5.73 Å². The molecule has 3 aromatic rings. The van der Waals surface area contributed by atoms with Crippen LogP contribution in [0.15, 0.2) is 35.8 Å². The molecule has 4 N–H and O–H groups in total. The number of thiazole rings is 1. The number of rotatable bonds is 5. The molecule has 0 aliphatic carbocycles. The van der Waals surface area contributed by atoms with Crippen molar-refractivity contribution < 1.29 is 4.79 Å². The van der Waals surface area contributed by atoms with Crippen molar-refractivity contribution >= 4 is 17.2 Å². The highest BCUT2D eigenvalue weighted by Crippen LogP contribution is 2.25. The number of H-pyrrole nitrogens is 1. The predicted molar refractivity (Wildman–Crippen MR) is 94.4 cm³/mol. The van der Waals surface area contributed by atoms with Crippen molar-refractivity contribution in [3.63, 3.8) is 0 Å². The minimum absolute atomic E-state index is 0.227. The number of carbonyl (C=O) groups excluding carboxylic acids is 1. The van der Waals surface area contributed by atoms with Crippen LogP contribution in [0, 0.1) is 13.8 Å². The lowest BCUT2D eigenvalue weighted by atomic mass is 10.1. The van der Waals surface area contributed by atoms with E-state index >= 15 is 0 Å². The van der Waals surface area contributed by atoms with Crippen LogP contribution in [0.4, 0.5) is 0 Å². The number of carbonyl (C=O) groups is 1. The van der Waals surface area contributed by atoms with Gasteiger partial charge in [-0.05, 0) is 13.8 Å². The van der Waals surface area contributed by atoms with Gasteiger partial charge in [0.25, 0.3) is 0 Å². The molecule has 0 radical (unpaired) electrons. The molecule has 7 heteroatoms. The lowest BCUT2D eigenvalue weighted by molar-refractivity contribution is -0.122. The number of hydrogen-bond donors (Lipinski definition) is 3. The maximum Gasteiger partial charge on any atom is 0.241 e. The summed E-state index contributed by atoms with van der Waals surface area (Å²) in [5, 5.41) is 9.85. The third-order valence-electron chi connectivity index (χ3n) is 3.89. The van der Waals surface area contributed by atoms with E-state index in [0.717, 1.165) is 33.1 Å². The van der Waals surface area contributed by atoms with Crippen molar-refractivity contribution in [1.29, 1.82) is 0 Å². The Hall–Kier alpha value is -2.51. The van der Waals surface area contributed by atoms with Crippen LogP contribution in [0.2, 0.25) is 0 Å². The molecule has 0 fully saturated rings. The molecule has 0 unspecified atom stereocenters. The Kier molecular flexibility index (Phi) is 4.73. The quantitative estimate of drug-likeness (QED) is 0.664. The van der Waals surface area contributed by atoms with Gasteiger partial charge >= 0.3 is 0 Å². The zero-order valence-corrected chi connectivity index (χ0v) is 14.4. The molecule has 0 saturated heterocycles. The summed E-state index contributed by atoms with van der Waals surface area (Å²) in [6, 6.07) is 9.17. The fourth-order valence-corrected chi connectivity index (χ4v) is 3.38. The zero-order valence-electron chi connectivity index (χ0n) is 13.5. The molecular weight excluding hydrogens is 322 g/mol. The Morgan fingerprint density at radius 1 is 1.33 bits per heavy atom. The summed E-state index contributed by atoms with van der Waals surface area (Å²) in [5.74, 6) is -0.227. The van der Waals surface area contributed by atoms with Gasteiger partial charge < -0.3 is 11.1 Å². The number of aryl methyl sites for hydroxylation is 2. The number of nitrogens with one attached hydrogen (secondary N) is 2. The highest BCUT2D eigenvalue weighted by molar-refractivity contribution is 7.10. The Bertz CT molecular complexity index is 820. The Balaban J connectivity index is 1.71. The SMILES string of the molecule is Cc1n[nH]c(C)c1[C@@H](N)C(=O)NCc1scnc1-c1ccccc1. The van der Waals surface area contributed by atoms with Crippen LogP contribution >= 0.6 is 11.3 Å². The summed E-state index contributed by atoms with van der Waals surface area (Å²) in [4.78, 5) is 17.8. The van der Waals surface area contributed by atoms with E-state index in [9.17, 15) is 4.79 Å². The van der Waals surface area contributed by atoms with Crippen molar-refractivity contribution in [2.75, 3.05) is 0 Å². The highest BCUT2D eigenvalue weighted by atomic mass is 32.1. The third kappa shape index (κ3) is 3.22. The molecule has 2 aromatic heterocycles. The lowest BCUT2D eigenvalue weighted by Gasteiger charge is -2.13. The van der Waals surface area contributed by atoms with E-state index < -0.39 is 6.04 Å². The third-order valence-corrected chi connectivity index (χ3v) is 4.72. The molecule has 3 rings (SSSR count). The van der Waals surface area contributed by atoms with Gasteiger partial charge in [-0.1, -0.05) is 30.3 Å². The molecule has 1 atom stereocenters. The monoisotopic (exact) mass is 341 g/mol. The van der Waals surface area contributed by atoms with E-state index in [1.165, 1.54) is 11.3 Å². The van der Waals surface area contributed by atoms with Crippen molar-refractivity contribution in [1.82, 2.24) is 20.5 Å². The van der Waals surface area contributed by atoms with Crippen molar-refractivity contribution in [2.24, 2.45) is 5.73 Å². The Morgan fingerprint density at radius 2 is 2.08 bits per heavy atom. The average Bonchev–Trinajstić information content (AvgIpc) is 3.19. The van der Waals surface area contributed by atoms with Gasteiger partial charge in [-0.2, -0.15) is 5.10 Å². The molecule has 1 amide bonds. The number of aromatic amines is 1. The van der Waals surface area contributed by atoms with Gasteiger partial charge in [0.2, 0.25) is 5.91 Å². The smallest absolute Gasteiger partial charge is 0.241 e. The molecule has 124 valence electrons. The number of nitrogens with two attached hydrogens (primary N) is 1. The molecule has 1 aromatic carbocycles. The normalized spacial score (nSPS) is 12.1. The van der Waals surface area contributed by atoms with Crippen molar-refractivity contribution in [3.05, 3.63) is 57.7 Å². The number of amides is 1. The standard InChI is InChI=1S/C17H19N5OS/c1-10-14(11(2)22-21-10)15(18)17(23)19-8-13-16(20-9-24-13)12-6-4-3-5-7-12/h3-7,9,15H,8,18H2,1-2H3,(H,19,23)(H,21,22)/t15-/m1/s1. The number of nitrogens with zero attached hydrogens (tertiary/aromatic N) is 2. The molecule has 0 aliphatic heterocycles. The molecule has 0 aliphatic rings. The van der Waals surface area contributed by atoms with Crippen LogP contribution in [0.25, 0.3) is 11.3 Å². The summed E-state index contributed by atoms with van der Waals surface area (Å²) >= 11 is 1.52. The maximum absolute atomic E-state index is 12.4. The molecule has 0 saturated carbocycles. The first kappa shape index (κ1) is 16.4. The number of benzene rings is 1. The van der Waals surface area contributed by atoms with E-state index in [1.54, 1.807) is 5.51 Å². The largest absolute Gasteiger partial charge is 0.349 e. The summed E-state index contributed by atoms with van der Waals surface area (Å²) in [6.45, 7) is 4.10. The minimum Gasteiger partial charge on any atom is -0.349 e. The zero-order chi connectivity index (χ0) is 17.1. The fourth-order valence-electron chi connectivity index (χ4n) is 2.65. The van der Waals surface area contributed by atoms with E-state index in [0.29, 0.717) is 6.54 Å². The highest BCUT2D eigenvalue weighted by Gasteiger charge is 2.22. The minimum atomic E-state index is -0.739. The van der Waals surface area contributed by atoms with Gasteiger partial charge in [-0.3, -0.25) is 9.89 Å². The van der Waals surface area contributed by atoms with Crippen LogP contribution in [0.5, 0.6) is 0 Å². The first-order chi connectivity index (χ1) is 11.6. The summed E-state index contributed by atoms with van der Waals surface area (Å²) in [6.07, 6.45) is 0. The molecule has 2 heterocycles. The van der Waals surface area contributed by atoms with E-state index in [1.807, 2.05) is 44.2 Å². The van der Waals surface area contributed by atoms with Crippen LogP contribution in [-0.4, -0.2) is 21.1 Å². The van der Waals surface area contributed by atoms with Gasteiger partial charge in [0.15, 0.2) is 0 Å². The summed E-state index contributed by atoms with van der Waals surface area (Å²) in [7, 11) is 0. The second-order valence-corrected chi connectivity index (χ2v) is 6.47. The topological polar surface area (TPSA) is 96.7 Å². The second kappa shape index (κ2) is 6.94. The first-order valence-corrected chi connectivity index (χ1v) is 8.48. The molecule has 0 spiro atoms. The van der Waals surface area contributed by atoms with Gasteiger partial charge in [0.05, 0.1) is 28.3 Å². The molecular formula is C17H19N5OS. The van der Waals surface area contributed by atoms with Crippen LogP contribution in [0.3, 0.4) is 0 Å². The summed E-state index contributed by atoms with van der Waals surface area (Å²) < 4.78 is 0. The van der Waals surface area contributed by atoms with Gasteiger partial charge in [0.1, 0.15) is 6.04 Å². The Morgan fingerprint density at radius 3 is 2.75 bits per heavy atom. The van der Waals surface area contributed by atoms with E-state index in [2.05, 4.69) is 20.5 Å². The van der Waals surface area contributed by atoms with Crippen LogP contribution < -0.4 is 11.1 Å². The van der Waals surface area contributed by atoms with Gasteiger partial charge in [-0.25, -0.2) is 4.98 Å². The van der Waals surface area contributed by atoms with E-state index in [-0.39, 0.29) is 5.91 Å². The van der Waals surface area contributed by atoms with Crippen LogP contribution in [0.1, 0.15) is 27.9 Å². The van der Waals surface area contributed by atoms with Gasteiger partial charge in [0, 0.05) is 16.8 Å². The molecule has 6 nitrogen and oxygen atoms in total. The van der Waals surface area contributed by atoms with Crippen molar-refractivity contribution in [2.45, 2.75) is 26.4 Å². The van der Waals surface area contributed by atoms with Gasteiger partial charge in [-0.15, -0.1) is 11.3 Å². The van der Waals surface area contributed by atoms with Crippen molar-refractivity contribution in [3.8, 4) is 11.3 Å². The van der Waals surface area contributed by atoms with Crippen LogP contribution in [-0.2, 0) is 11.3 Å². The fraction of sp³-hybridized carbons (Fsp3) is 0.235. The summed E-state index contributed by atoms with van der Waals surface area (Å²) in [5.41, 5.74) is 12.1. The maximum atomic E-state index is 12.4. The molecule has 24 heavy (non-hydrogen) atoms. The predicted octanol–water partition coefficient (Wildman–Crippen LogP) is 2.47. The molecule has 0 bridgehead atoms. The first-order valence-electron chi connectivity index (χ1n) is 7.60.